The summed E-state index contributed by atoms with van der Waals surface area (Å²) in [7, 11) is 0. The number of fused-ring (bicyclic) bond motifs is 1. The highest BCUT2D eigenvalue weighted by Crippen LogP contribution is 2.20. The Morgan fingerprint density at radius 3 is 2.54 bits per heavy atom. The zero-order valence-electron chi connectivity index (χ0n) is 14.8. The van der Waals surface area contributed by atoms with Gasteiger partial charge in [-0.05, 0) is 24.8 Å². The maximum absolute atomic E-state index is 12.6. The molecule has 0 aromatic heterocycles. The Hall–Kier alpha value is -1.88. The Balaban J connectivity index is 1.64. The second kappa shape index (κ2) is 6.93. The fraction of sp³-hybridized carbons (Fsp3) is 0.579. The first kappa shape index (κ1) is 17.0. The maximum atomic E-state index is 12.6. The van der Waals surface area contributed by atoms with Gasteiger partial charge >= 0.3 is 0 Å². The number of hydrogen-bond donors (Lipinski definition) is 1. The summed E-state index contributed by atoms with van der Waals surface area (Å²) in [6, 6.07) is 7.79. The van der Waals surface area contributed by atoms with Gasteiger partial charge in [0.05, 0.1) is 0 Å². The minimum atomic E-state index is -0.350. The fourth-order valence-electron chi connectivity index (χ4n) is 3.58. The molecule has 1 aromatic carbocycles. The third kappa shape index (κ3) is 3.61. The molecule has 5 nitrogen and oxygen atoms in total. The Kier molecular flexibility index (Phi) is 4.90. The fourth-order valence-corrected chi connectivity index (χ4v) is 3.58. The summed E-state index contributed by atoms with van der Waals surface area (Å²) in [5.74, 6) is 0.468. The largest absolute Gasteiger partial charge is 0.342 e. The average molecular weight is 329 g/mol. The molecule has 1 aromatic rings. The quantitative estimate of drug-likeness (QED) is 0.912. The van der Waals surface area contributed by atoms with Crippen molar-refractivity contribution >= 4 is 11.8 Å². The summed E-state index contributed by atoms with van der Waals surface area (Å²) >= 11 is 0. The number of piperazine rings is 2. The molecule has 2 heterocycles. The summed E-state index contributed by atoms with van der Waals surface area (Å²) in [6.07, 6.45) is 0.709. The second-order valence-electron chi connectivity index (χ2n) is 7.46. The van der Waals surface area contributed by atoms with Crippen molar-refractivity contribution < 1.29 is 9.59 Å². The van der Waals surface area contributed by atoms with E-state index in [9.17, 15) is 9.59 Å². The van der Waals surface area contributed by atoms with Crippen LogP contribution in [0.15, 0.2) is 24.3 Å². The Bertz CT molecular complexity index is 612. The molecule has 0 spiro atoms. The molecular formula is C19H27N3O2. The van der Waals surface area contributed by atoms with Gasteiger partial charge in [0, 0.05) is 26.2 Å². The smallest absolute Gasteiger partial charge is 0.245 e. The third-order valence-electron chi connectivity index (χ3n) is 4.90. The van der Waals surface area contributed by atoms with Crippen molar-refractivity contribution in [1.29, 1.82) is 0 Å². The summed E-state index contributed by atoms with van der Waals surface area (Å²) in [4.78, 5) is 29.2. The van der Waals surface area contributed by atoms with Gasteiger partial charge in [-0.2, -0.15) is 0 Å². The minimum Gasteiger partial charge on any atom is -0.342 e. The van der Waals surface area contributed by atoms with E-state index in [1.165, 1.54) is 11.1 Å². The van der Waals surface area contributed by atoms with E-state index in [4.69, 9.17) is 0 Å². The number of rotatable bonds is 4. The highest BCUT2D eigenvalue weighted by molar-refractivity contribution is 5.97. The molecule has 1 N–H and O–H groups in total. The van der Waals surface area contributed by atoms with E-state index in [2.05, 4.69) is 55.3 Å². The van der Waals surface area contributed by atoms with Gasteiger partial charge < -0.3 is 10.2 Å². The van der Waals surface area contributed by atoms with Crippen LogP contribution in [0.2, 0.25) is 0 Å². The highest BCUT2D eigenvalue weighted by atomic mass is 16.2. The molecule has 0 bridgehead atoms. The summed E-state index contributed by atoms with van der Waals surface area (Å²) in [6.45, 7) is 9.11. The number of hydrogen-bond acceptors (Lipinski definition) is 3. The predicted molar refractivity (Wildman–Crippen MR) is 93.3 cm³/mol. The van der Waals surface area contributed by atoms with Crippen molar-refractivity contribution in [1.82, 2.24) is 15.1 Å². The van der Waals surface area contributed by atoms with Crippen molar-refractivity contribution in [3.8, 4) is 0 Å². The van der Waals surface area contributed by atoms with Crippen LogP contribution in [0, 0.1) is 12.8 Å². The Morgan fingerprint density at radius 1 is 1.17 bits per heavy atom. The molecule has 2 amide bonds. The molecule has 0 saturated carbocycles. The number of nitrogens with one attached hydrogen (secondary N) is 1. The third-order valence-corrected chi connectivity index (χ3v) is 4.90. The molecule has 2 saturated heterocycles. The van der Waals surface area contributed by atoms with E-state index in [0.29, 0.717) is 25.4 Å². The van der Waals surface area contributed by atoms with E-state index < -0.39 is 0 Å². The van der Waals surface area contributed by atoms with Crippen LogP contribution in [0.3, 0.4) is 0 Å². The number of carbonyl (C=O) groups is 2. The lowest BCUT2D eigenvalue weighted by molar-refractivity contribution is -0.153. The van der Waals surface area contributed by atoms with Gasteiger partial charge in [0.1, 0.15) is 12.1 Å². The van der Waals surface area contributed by atoms with Crippen molar-refractivity contribution in [2.75, 3.05) is 19.6 Å². The lowest BCUT2D eigenvalue weighted by Gasteiger charge is -2.45. The number of carbonyl (C=O) groups excluding carboxylic acids is 2. The van der Waals surface area contributed by atoms with E-state index in [-0.39, 0.29) is 23.9 Å². The lowest BCUT2D eigenvalue weighted by Crippen LogP contribution is -2.69. The van der Waals surface area contributed by atoms with Crippen LogP contribution >= 0.6 is 0 Å². The van der Waals surface area contributed by atoms with Crippen LogP contribution in [0.1, 0.15) is 31.4 Å². The van der Waals surface area contributed by atoms with Gasteiger partial charge in [-0.1, -0.05) is 43.7 Å². The van der Waals surface area contributed by atoms with Gasteiger partial charge in [0.2, 0.25) is 11.8 Å². The molecule has 0 radical (unpaired) electrons. The zero-order chi connectivity index (χ0) is 17.3. The monoisotopic (exact) mass is 329 g/mol. The number of aryl methyl sites for hydroxylation is 1. The van der Waals surface area contributed by atoms with E-state index in [1.54, 1.807) is 4.90 Å². The van der Waals surface area contributed by atoms with Gasteiger partial charge in [0.15, 0.2) is 0 Å². The van der Waals surface area contributed by atoms with Crippen LogP contribution in [0.25, 0.3) is 0 Å². The van der Waals surface area contributed by atoms with Crippen molar-refractivity contribution in [3.63, 3.8) is 0 Å². The summed E-state index contributed by atoms with van der Waals surface area (Å²) < 4.78 is 0. The molecule has 0 unspecified atom stereocenters. The Morgan fingerprint density at radius 2 is 1.88 bits per heavy atom. The first-order valence-corrected chi connectivity index (χ1v) is 8.83. The summed E-state index contributed by atoms with van der Waals surface area (Å²) in [5.41, 5.74) is 2.49. The SMILES string of the molecule is Cc1ccc(CN2CCN3C(=O)[C@H](CC(C)C)NC(=O)[C@H]3C2)cc1. The van der Waals surface area contributed by atoms with Gasteiger partial charge in [-0.15, -0.1) is 0 Å². The van der Waals surface area contributed by atoms with Crippen LogP contribution in [-0.2, 0) is 16.1 Å². The van der Waals surface area contributed by atoms with Crippen LogP contribution in [0.4, 0.5) is 0 Å². The normalized spacial score (nSPS) is 24.9. The topological polar surface area (TPSA) is 52.6 Å². The lowest BCUT2D eigenvalue weighted by atomic mass is 9.97. The molecule has 3 rings (SSSR count). The molecular weight excluding hydrogens is 302 g/mol. The molecule has 2 fully saturated rings. The van der Waals surface area contributed by atoms with Gasteiger partial charge in [-0.3, -0.25) is 14.5 Å². The summed E-state index contributed by atoms with van der Waals surface area (Å²) in [5, 5.41) is 2.93. The van der Waals surface area contributed by atoms with Crippen LogP contribution in [0.5, 0.6) is 0 Å². The first-order valence-electron chi connectivity index (χ1n) is 8.83. The number of amides is 2. The van der Waals surface area contributed by atoms with Crippen molar-refractivity contribution in [2.24, 2.45) is 5.92 Å². The number of nitrogens with zero attached hydrogens (tertiary/aromatic N) is 2. The van der Waals surface area contributed by atoms with Crippen LogP contribution < -0.4 is 5.32 Å². The minimum absolute atomic E-state index is 0.00569. The molecule has 2 aliphatic heterocycles. The molecule has 130 valence electrons. The molecule has 2 atom stereocenters. The number of benzene rings is 1. The molecule has 24 heavy (non-hydrogen) atoms. The highest BCUT2D eigenvalue weighted by Gasteiger charge is 2.43. The van der Waals surface area contributed by atoms with Crippen LogP contribution in [-0.4, -0.2) is 53.3 Å². The zero-order valence-corrected chi connectivity index (χ0v) is 14.8. The van der Waals surface area contributed by atoms with E-state index >= 15 is 0 Å². The standard InChI is InChI=1S/C19H27N3O2/c1-13(2)10-16-19(24)22-9-8-21(12-17(22)18(23)20-16)11-15-6-4-14(3)5-7-15/h4-7,13,16-17H,8-12H2,1-3H3,(H,20,23)/t16-,17+/m0/s1. The van der Waals surface area contributed by atoms with Gasteiger partial charge in [-0.25, -0.2) is 0 Å². The van der Waals surface area contributed by atoms with E-state index in [0.717, 1.165) is 13.1 Å². The molecule has 5 heteroatoms. The Labute approximate surface area is 144 Å². The van der Waals surface area contributed by atoms with Crippen molar-refractivity contribution in [2.45, 2.75) is 45.8 Å². The molecule has 2 aliphatic rings. The maximum Gasteiger partial charge on any atom is 0.245 e. The first-order chi connectivity index (χ1) is 11.4. The average Bonchev–Trinajstić information content (AvgIpc) is 2.54. The van der Waals surface area contributed by atoms with Crippen molar-refractivity contribution in [3.05, 3.63) is 35.4 Å². The molecule has 0 aliphatic carbocycles. The van der Waals surface area contributed by atoms with Gasteiger partial charge in [0.25, 0.3) is 0 Å². The van der Waals surface area contributed by atoms with E-state index in [1.807, 2.05) is 0 Å². The second-order valence-corrected chi connectivity index (χ2v) is 7.46. The predicted octanol–water partition coefficient (Wildman–Crippen LogP) is 1.55.